The van der Waals surface area contributed by atoms with Crippen LogP contribution in [0.15, 0.2) is 47.4 Å². The molecule has 1 N–H and O–H groups in total. The topological polar surface area (TPSA) is 56.4 Å². The van der Waals surface area contributed by atoms with Gasteiger partial charge in [-0.15, -0.1) is 0 Å². The predicted octanol–water partition coefficient (Wildman–Crippen LogP) is 2.25. The summed E-state index contributed by atoms with van der Waals surface area (Å²) in [5.41, 5.74) is 2.47. The molecular weight excluding hydrogens is 290 g/mol. The summed E-state index contributed by atoms with van der Waals surface area (Å²) in [5.74, 6) is -0.0898. The van der Waals surface area contributed by atoms with E-state index >= 15 is 0 Å². The maximum absolute atomic E-state index is 12.9. The van der Waals surface area contributed by atoms with E-state index in [1.54, 1.807) is 6.07 Å². The number of nitrogens with zero attached hydrogens (tertiary/aromatic N) is 2. The van der Waals surface area contributed by atoms with E-state index in [2.05, 4.69) is 36.0 Å². The van der Waals surface area contributed by atoms with Crippen LogP contribution >= 0.6 is 0 Å². The molecule has 0 fully saturated rings. The molecule has 3 rings (SSSR count). The number of likely N-dealkylation sites (N-methyl/N-ethyl adjacent to an activating group) is 1. The smallest absolute Gasteiger partial charge is 0.254 e. The molecule has 1 aliphatic rings. The van der Waals surface area contributed by atoms with Crippen molar-refractivity contribution in [2.75, 3.05) is 18.5 Å². The van der Waals surface area contributed by atoms with Gasteiger partial charge in [0.1, 0.15) is 0 Å². The maximum atomic E-state index is 12.9. The zero-order valence-corrected chi connectivity index (χ0v) is 13.5. The van der Waals surface area contributed by atoms with Gasteiger partial charge in [0.05, 0.1) is 0 Å². The Balaban J connectivity index is 1.99. The fourth-order valence-electron chi connectivity index (χ4n) is 3.17. The van der Waals surface area contributed by atoms with Gasteiger partial charge in [0.15, 0.2) is 0 Å². The minimum absolute atomic E-state index is 0.0898. The van der Waals surface area contributed by atoms with Gasteiger partial charge >= 0.3 is 0 Å². The molecule has 5 heteroatoms. The van der Waals surface area contributed by atoms with Crippen molar-refractivity contribution in [1.82, 2.24) is 9.88 Å². The molecule has 0 radical (unpaired) electrons. The minimum Gasteiger partial charge on any atom is -0.372 e. The Labute approximate surface area is 135 Å². The van der Waals surface area contributed by atoms with Gasteiger partial charge < -0.3 is 14.8 Å². The summed E-state index contributed by atoms with van der Waals surface area (Å²) in [6.07, 6.45) is 2.39. The van der Waals surface area contributed by atoms with Gasteiger partial charge in [-0.25, -0.2) is 0 Å². The molecule has 1 aromatic heterocycles. The van der Waals surface area contributed by atoms with E-state index in [0.717, 1.165) is 24.2 Å². The normalized spacial score (nSPS) is 17.6. The Bertz CT molecular complexity index is 769. The van der Waals surface area contributed by atoms with Crippen molar-refractivity contribution in [3.63, 3.8) is 0 Å². The lowest BCUT2D eigenvalue weighted by atomic mass is 10.1. The third kappa shape index (κ3) is 2.99. The number of pyridine rings is 1. The quantitative estimate of drug-likeness (QED) is 0.925. The van der Waals surface area contributed by atoms with Crippen molar-refractivity contribution >= 4 is 11.6 Å². The maximum Gasteiger partial charge on any atom is 0.254 e. The molecule has 5 nitrogen and oxygen atoms in total. The minimum atomic E-state index is -0.253. The van der Waals surface area contributed by atoms with Crippen LogP contribution < -0.4 is 10.5 Å². The Morgan fingerprint density at radius 1 is 1.30 bits per heavy atom. The number of para-hydroxylation sites is 1. The summed E-state index contributed by atoms with van der Waals surface area (Å²) in [6, 6.07) is 11.3. The number of anilines is 1. The van der Waals surface area contributed by atoms with Crippen molar-refractivity contribution in [3.8, 4) is 0 Å². The molecule has 2 heterocycles. The number of hydrogen-bond donors (Lipinski definition) is 1. The van der Waals surface area contributed by atoms with E-state index < -0.39 is 0 Å². The largest absolute Gasteiger partial charge is 0.372 e. The molecule has 1 aliphatic heterocycles. The molecule has 0 spiro atoms. The highest BCUT2D eigenvalue weighted by molar-refractivity contribution is 5.94. The fourth-order valence-corrected chi connectivity index (χ4v) is 3.17. The second-order valence-electron chi connectivity index (χ2n) is 5.95. The molecule has 2 aromatic rings. The molecule has 23 heavy (non-hydrogen) atoms. The lowest BCUT2D eigenvalue weighted by Crippen LogP contribution is -2.43. The standard InChI is InChI=1S/C18H21N3O2/c1-3-15-12-20(2)16-7-5-4-6-14(16)11-21(15)18(23)13-8-9-19-17(22)10-13/h4-10,15H,3,11-12H2,1-2H3,(H,19,22). The van der Waals surface area contributed by atoms with Crippen molar-refractivity contribution in [1.29, 1.82) is 0 Å². The Kier molecular flexibility index (Phi) is 4.19. The lowest BCUT2D eigenvalue weighted by molar-refractivity contribution is 0.0667. The van der Waals surface area contributed by atoms with E-state index in [1.165, 1.54) is 12.3 Å². The zero-order valence-electron chi connectivity index (χ0n) is 13.5. The van der Waals surface area contributed by atoms with Gasteiger partial charge in [-0.05, 0) is 24.1 Å². The van der Waals surface area contributed by atoms with Gasteiger partial charge in [0.2, 0.25) is 5.56 Å². The zero-order chi connectivity index (χ0) is 16.4. The monoisotopic (exact) mass is 311 g/mol. The third-order valence-corrected chi connectivity index (χ3v) is 4.42. The predicted molar refractivity (Wildman–Crippen MR) is 90.7 cm³/mol. The van der Waals surface area contributed by atoms with Crippen LogP contribution in [0.25, 0.3) is 0 Å². The number of aromatic amines is 1. The SMILES string of the molecule is CCC1CN(C)c2ccccc2CN1C(=O)c1cc[nH]c(=O)c1. The highest BCUT2D eigenvalue weighted by Crippen LogP contribution is 2.27. The molecule has 0 aliphatic carbocycles. The number of carbonyl (C=O) groups is 1. The Hall–Kier alpha value is -2.56. The number of benzene rings is 1. The highest BCUT2D eigenvalue weighted by Gasteiger charge is 2.29. The van der Waals surface area contributed by atoms with Crippen LogP contribution in [0.5, 0.6) is 0 Å². The first kappa shape index (κ1) is 15.3. The van der Waals surface area contributed by atoms with Crippen molar-refractivity contribution in [2.45, 2.75) is 25.9 Å². The Morgan fingerprint density at radius 3 is 2.83 bits per heavy atom. The van der Waals surface area contributed by atoms with Crippen molar-refractivity contribution in [2.24, 2.45) is 0 Å². The van der Waals surface area contributed by atoms with Gasteiger partial charge in [-0.2, -0.15) is 0 Å². The van der Waals surface area contributed by atoms with Gasteiger partial charge in [-0.3, -0.25) is 9.59 Å². The summed E-state index contributed by atoms with van der Waals surface area (Å²) in [4.78, 5) is 31.1. The van der Waals surface area contributed by atoms with Crippen molar-refractivity contribution < 1.29 is 4.79 Å². The number of carbonyl (C=O) groups excluding carboxylic acids is 1. The number of amides is 1. The number of H-pyrrole nitrogens is 1. The summed E-state index contributed by atoms with van der Waals surface area (Å²) in [6.45, 7) is 3.43. The average Bonchev–Trinajstić information content (AvgIpc) is 2.71. The summed E-state index contributed by atoms with van der Waals surface area (Å²) < 4.78 is 0. The molecule has 120 valence electrons. The second kappa shape index (κ2) is 6.28. The lowest BCUT2D eigenvalue weighted by Gasteiger charge is -2.30. The molecule has 0 saturated heterocycles. The average molecular weight is 311 g/mol. The molecule has 1 unspecified atom stereocenters. The molecule has 1 atom stereocenters. The van der Waals surface area contributed by atoms with E-state index in [9.17, 15) is 9.59 Å². The first-order valence-corrected chi connectivity index (χ1v) is 7.89. The van der Waals surface area contributed by atoms with E-state index in [0.29, 0.717) is 12.1 Å². The number of fused-ring (bicyclic) bond motifs is 1. The molecule has 1 aromatic carbocycles. The van der Waals surface area contributed by atoms with Crippen LogP contribution in [0.4, 0.5) is 5.69 Å². The van der Waals surface area contributed by atoms with Crippen LogP contribution in [-0.4, -0.2) is 35.4 Å². The number of hydrogen-bond acceptors (Lipinski definition) is 3. The Morgan fingerprint density at radius 2 is 2.09 bits per heavy atom. The molecular formula is C18H21N3O2. The number of rotatable bonds is 2. The van der Waals surface area contributed by atoms with Gasteiger partial charge in [-0.1, -0.05) is 25.1 Å². The van der Waals surface area contributed by atoms with Crippen LogP contribution in [0.2, 0.25) is 0 Å². The van der Waals surface area contributed by atoms with Crippen LogP contribution in [-0.2, 0) is 6.54 Å². The summed E-state index contributed by atoms with van der Waals surface area (Å²) in [5, 5.41) is 0. The first-order chi connectivity index (χ1) is 11.1. The summed E-state index contributed by atoms with van der Waals surface area (Å²) >= 11 is 0. The molecule has 0 saturated carbocycles. The highest BCUT2D eigenvalue weighted by atomic mass is 16.2. The molecule has 1 amide bonds. The van der Waals surface area contributed by atoms with E-state index in [-0.39, 0.29) is 17.5 Å². The fraction of sp³-hybridized carbons (Fsp3) is 0.333. The number of nitrogens with one attached hydrogen (secondary N) is 1. The molecule has 0 bridgehead atoms. The van der Waals surface area contributed by atoms with E-state index in [4.69, 9.17) is 0 Å². The second-order valence-corrected chi connectivity index (χ2v) is 5.95. The van der Waals surface area contributed by atoms with Crippen LogP contribution in [0.3, 0.4) is 0 Å². The summed E-state index contributed by atoms with van der Waals surface area (Å²) in [7, 11) is 2.06. The van der Waals surface area contributed by atoms with E-state index in [1.807, 2.05) is 17.0 Å². The van der Waals surface area contributed by atoms with Gasteiger partial charge in [0, 0.05) is 49.7 Å². The van der Waals surface area contributed by atoms with Crippen LogP contribution in [0.1, 0.15) is 29.3 Å². The first-order valence-electron chi connectivity index (χ1n) is 7.89. The van der Waals surface area contributed by atoms with Crippen LogP contribution in [0, 0.1) is 0 Å². The van der Waals surface area contributed by atoms with Crippen molar-refractivity contribution in [3.05, 3.63) is 64.1 Å². The van der Waals surface area contributed by atoms with Gasteiger partial charge in [0.25, 0.3) is 5.91 Å². The third-order valence-electron chi connectivity index (χ3n) is 4.42. The number of aromatic nitrogens is 1.